The highest BCUT2D eigenvalue weighted by Gasteiger charge is 2.55. The van der Waals surface area contributed by atoms with Crippen LogP contribution in [0.15, 0.2) is 54.7 Å². The van der Waals surface area contributed by atoms with Crippen molar-refractivity contribution in [2.45, 2.75) is 38.0 Å². The predicted octanol–water partition coefficient (Wildman–Crippen LogP) is 3.27. The molecule has 5 rings (SSSR count). The van der Waals surface area contributed by atoms with E-state index in [1.54, 1.807) is 12.0 Å². The smallest absolute Gasteiger partial charge is 0.238 e. The van der Waals surface area contributed by atoms with Crippen molar-refractivity contribution < 1.29 is 19.1 Å². The summed E-state index contributed by atoms with van der Waals surface area (Å²) in [6.45, 7) is 3.12. The van der Waals surface area contributed by atoms with Gasteiger partial charge in [0.05, 0.1) is 12.6 Å². The molecular weight excluding hydrogens is 406 g/mol. The van der Waals surface area contributed by atoms with Gasteiger partial charge in [-0.3, -0.25) is 9.59 Å². The number of hydrogen-bond acceptors (Lipinski definition) is 4. The molecule has 0 radical (unpaired) electrons. The first-order valence-corrected chi connectivity index (χ1v) is 10.9. The largest absolute Gasteiger partial charge is 0.496 e. The summed E-state index contributed by atoms with van der Waals surface area (Å²) in [6.07, 6.45) is 3.29. The number of aryl methyl sites for hydroxylation is 1. The summed E-state index contributed by atoms with van der Waals surface area (Å²) in [5.41, 5.74) is 6.87. The number of carbonyl (C=O) groups is 2. The van der Waals surface area contributed by atoms with Crippen molar-refractivity contribution in [3.05, 3.63) is 60.3 Å². The summed E-state index contributed by atoms with van der Waals surface area (Å²) in [4.78, 5) is 27.4. The van der Waals surface area contributed by atoms with E-state index >= 15 is 0 Å². The molecular formula is C25H27N3O4. The molecule has 2 N–H and O–H groups in total. The van der Waals surface area contributed by atoms with Gasteiger partial charge in [0.2, 0.25) is 11.8 Å². The lowest BCUT2D eigenvalue weighted by molar-refractivity contribution is -0.175. The van der Waals surface area contributed by atoms with E-state index in [4.69, 9.17) is 15.2 Å². The Morgan fingerprint density at radius 2 is 2.00 bits per heavy atom. The third kappa shape index (κ3) is 3.11. The van der Waals surface area contributed by atoms with Crippen LogP contribution in [0.1, 0.15) is 31.2 Å². The van der Waals surface area contributed by atoms with E-state index in [0.29, 0.717) is 19.4 Å². The lowest BCUT2D eigenvalue weighted by Gasteiger charge is -2.52. The normalized spacial score (nSPS) is 24.2. The molecule has 3 heterocycles. The van der Waals surface area contributed by atoms with E-state index in [-0.39, 0.29) is 11.8 Å². The Balaban J connectivity index is 1.39. The molecule has 2 aliphatic rings. The maximum absolute atomic E-state index is 13.4. The average Bonchev–Trinajstić information content (AvgIpc) is 3.18. The summed E-state index contributed by atoms with van der Waals surface area (Å²) < 4.78 is 13.9. The number of para-hydroxylation sites is 1. The van der Waals surface area contributed by atoms with Gasteiger partial charge >= 0.3 is 0 Å². The summed E-state index contributed by atoms with van der Waals surface area (Å²) in [5, 5.41) is 1.06. The Kier molecular flexibility index (Phi) is 4.84. The van der Waals surface area contributed by atoms with Crippen molar-refractivity contribution >= 4 is 22.7 Å². The molecule has 32 heavy (non-hydrogen) atoms. The van der Waals surface area contributed by atoms with Gasteiger partial charge in [0.25, 0.3) is 0 Å². The van der Waals surface area contributed by atoms with Crippen LogP contribution in [0.5, 0.6) is 11.5 Å². The minimum atomic E-state index is -0.871. The molecule has 7 heteroatoms. The average molecular weight is 434 g/mol. The second-order valence-electron chi connectivity index (χ2n) is 8.75. The third-order valence-corrected chi connectivity index (χ3v) is 6.83. The van der Waals surface area contributed by atoms with Crippen molar-refractivity contribution in [3.63, 3.8) is 0 Å². The molecule has 3 atom stereocenters. The van der Waals surface area contributed by atoms with Crippen LogP contribution in [0.4, 0.5) is 0 Å². The van der Waals surface area contributed by atoms with E-state index < -0.39 is 17.6 Å². The number of benzene rings is 2. The number of nitrogens with two attached hydrogens (primary N) is 1. The molecule has 1 saturated heterocycles. The molecule has 1 fully saturated rings. The Morgan fingerprint density at radius 1 is 1.19 bits per heavy atom. The molecule has 0 spiro atoms. The number of aromatic nitrogens is 1. The number of rotatable bonds is 6. The second-order valence-corrected chi connectivity index (χ2v) is 8.75. The van der Waals surface area contributed by atoms with E-state index in [2.05, 4.69) is 10.6 Å². The van der Waals surface area contributed by atoms with Gasteiger partial charge in [0.15, 0.2) is 5.72 Å². The number of carbonyl (C=O) groups excluding carboxylic acids is 2. The zero-order chi connectivity index (χ0) is 22.5. The van der Waals surface area contributed by atoms with Gasteiger partial charge in [-0.05, 0) is 43.2 Å². The SMILES string of the molecule is COc1cccc2c1ccn2CCCN1C(=O)[C@H](C(N)=O)[C@H]2C[C@@]1(C)Oc1ccccc12. The molecule has 2 bridgehead atoms. The zero-order valence-corrected chi connectivity index (χ0v) is 18.3. The standard InChI is InChI=1S/C25H27N3O4/c1-25-15-18(16-7-3-4-9-21(16)32-25)22(23(26)29)24(30)28(25)13-6-12-27-14-11-17-19(27)8-5-10-20(17)31-2/h3-5,7-11,14,18,22H,6,12-13,15H2,1-2H3,(H2,26,29)/t18-,22-,25+/m0/s1. The van der Waals surface area contributed by atoms with Crippen LogP contribution >= 0.6 is 0 Å². The maximum atomic E-state index is 13.4. The molecule has 2 aliphatic heterocycles. The third-order valence-electron chi connectivity index (χ3n) is 6.83. The van der Waals surface area contributed by atoms with Gasteiger partial charge in [-0.1, -0.05) is 24.3 Å². The first-order chi connectivity index (χ1) is 15.4. The van der Waals surface area contributed by atoms with Gasteiger partial charge in [-0.25, -0.2) is 0 Å². The summed E-state index contributed by atoms with van der Waals surface area (Å²) in [7, 11) is 1.67. The number of nitrogens with zero attached hydrogens (tertiary/aromatic N) is 2. The predicted molar refractivity (Wildman–Crippen MR) is 120 cm³/mol. The van der Waals surface area contributed by atoms with Crippen LogP contribution in [-0.4, -0.2) is 40.7 Å². The Labute approximate surface area is 186 Å². The fraction of sp³-hybridized carbons (Fsp3) is 0.360. The van der Waals surface area contributed by atoms with Gasteiger partial charge in [0.1, 0.15) is 17.4 Å². The lowest BCUT2D eigenvalue weighted by atomic mass is 9.73. The number of piperidine rings is 1. The van der Waals surface area contributed by atoms with Gasteiger partial charge in [-0.2, -0.15) is 0 Å². The van der Waals surface area contributed by atoms with Crippen molar-refractivity contribution in [2.24, 2.45) is 11.7 Å². The lowest BCUT2D eigenvalue weighted by Crippen LogP contribution is -2.64. The van der Waals surface area contributed by atoms with Gasteiger partial charge < -0.3 is 24.7 Å². The highest BCUT2D eigenvalue weighted by molar-refractivity contribution is 6.01. The number of fused-ring (bicyclic) bond motifs is 5. The molecule has 2 aromatic carbocycles. The topological polar surface area (TPSA) is 86.8 Å². The van der Waals surface area contributed by atoms with Crippen molar-refractivity contribution in [3.8, 4) is 11.5 Å². The minimum Gasteiger partial charge on any atom is -0.496 e. The molecule has 0 aliphatic carbocycles. The molecule has 1 aromatic heterocycles. The minimum absolute atomic E-state index is 0.246. The molecule has 166 valence electrons. The number of methoxy groups -OCH3 is 1. The maximum Gasteiger partial charge on any atom is 0.238 e. The van der Waals surface area contributed by atoms with Crippen LogP contribution < -0.4 is 15.2 Å². The van der Waals surface area contributed by atoms with Crippen LogP contribution in [0, 0.1) is 5.92 Å². The number of ether oxygens (including phenoxy) is 2. The summed E-state index contributed by atoms with van der Waals surface area (Å²) in [6, 6.07) is 15.6. The molecule has 3 aromatic rings. The second kappa shape index (κ2) is 7.58. The number of amides is 2. The van der Waals surface area contributed by atoms with Crippen LogP contribution in [-0.2, 0) is 16.1 Å². The van der Waals surface area contributed by atoms with E-state index in [1.165, 1.54) is 0 Å². The Bertz CT molecular complexity index is 1200. The number of primary amides is 1. The quantitative estimate of drug-likeness (QED) is 0.605. The van der Waals surface area contributed by atoms with Crippen molar-refractivity contribution in [1.29, 1.82) is 0 Å². The zero-order valence-electron chi connectivity index (χ0n) is 18.3. The number of likely N-dealkylation sites (tertiary alicyclic amines) is 1. The van der Waals surface area contributed by atoms with Gasteiger partial charge in [-0.15, -0.1) is 0 Å². The summed E-state index contributed by atoms with van der Waals surface area (Å²) >= 11 is 0. The Morgan fingerprint density at radius 3 is 2.78 bits per heavy atom. The van der Waals surface area contributed by atoms with Crippen LogP contribution in [0.2, 0.25) is 0 Å². The Hall–Kier alpha value is -3.48. The summed E-state index contributed by atoms with van der Waals surface area (Å²) in [5.74, 6) is -0.392. The molecule has 0 saturated carbocycles. The molecule has 2 amide bonds. The fourth-order valence-electron chi connectivity index (χ4n) is 5.35. The number of hydrogen-bond donors (Lipinski definition) is 1. The van der Waals surface area contributed by atoms with E-state index in [1.807, 2.05) is 55.6 Å². The van der Waals surface area contributed by atoms with E-state index in [9.17, 15) is 9.59 Å². The van der Waals surface area contributed by atoms with Crippen molar-refractivity contribution in [1.82, 2.24) is 9.47 Å². The van der Waals surface area contributed by atoms with E-state index in [0.717, 1.165) is 34.5 Å². The fourth-order valence-corrected chi connectivity index (χ4v) is 5.35. The van der Waals surface area contributed by atoms with Crippen LogP contribution in [0.3, 0.4) is 0 Å². The highest BCUT2D eigenvalue weighted by Crippen LogP contribution is 2.50. The highest BCUT2D eigenvalue weighted by atomic mass is 16.5. The molecule has 0 unspecified atom stereocenters. The monoisotopic (exact) mass is 433 g/mol. The first-order valence-electron chi connectivity index (χ1n) is 10.9. The molecule has 7 nitrogen and oxygen atoms in total. The first kappa shape index (κ1) is 20.4. The van der Waals surface area contributed by atoms with Gasteiger partial charge in [0, 0.05) is 37.0 Å². The van der Waals surface area contributed by atoms with Crippen LogP contribution in [0.25, 0.3) is 10.9 Å². The van der Waals surface area contributed by atoms with Crippen molar-refractivity contribution in [2.75, 3.05) is 13.7 Å².